The third-order valence-corrected chi connectivity index (χ3v) is 1.11. The van der Waals surface area contributed by atoms with Crippen LogP contribution in [0.15, 0.2) is 24.3 Å². The van der Waals surface area contributed by atoms with Crippen molar-refractivity contribution in [2.45, 2.75) is 0 Å². The lowest BCUT2D eigenvalue weighted by Crippen LogP contribution is -1.25. The van der Waals surface area contributed by atoms with Gasteiger partial charge in [-0.05, 0) is 17.2 Å². The zero-order valence-corrected chi connectivity index (χ0v) is 7.50. The van der Waals surface area contributed by atoms with Crippen molar-refractivity contribution in [1.82, 2.24) is 0 Å². The van der Waals surface area contributed by atoms with E-state index in [2.05, 4.69) is 24.3 Å². The number of halogens is 1. The molecule has 0 aliphatic heterocycles. The molecular weight excluding hydrogens is 227 g/mol. The van der Waals surface area contributed by atoms with Gasteiger partial charge in [-0.1, -0.05) is 18.2 Å². The highest BCUT2D eigenvalue weighted by Crippen LogP contribution is 2.32. The first-order chi connectivity index (χ1) is 3.97. The largest absolute Gasteiger partial charge is 0.400 e. The van der Waals surface area contributed by atoms with Crippen LogP contribution in [-0.4, -0.2) is 12.2 Å². The van der Waals surface area contributed by atoms with E-state index in [1.807, 2.05) is 0 Å². The molecule has 2 heteroatoms. The van der Waals surface area contributed by atoms with E-state index >= 15 is 0 Å². The summed E-state index contributed by atoms with van der Waals surface area (Å²) in [7, 11) is 1.00. The molecule has 0 heterocycles. The van der Waals surface area contributed by atoms with Crippen molar-refractivity contribution in [1.29, 1.82) is 0 Å². The maximum Gasteiger partial charge on any atom is 0.0319 e. The highest BCUT2D eigenvalue weighted by molar-refractivity contribution is 14.0. The lowest BCUT2D eigenvalue weighted by molar-refractivity contribution is 0.399. The number of hydrogen-bond acceptors (Lipinski definition) is 1. The standard InChI is InChI=1S/C6H4.CH4O.HI/c1-2-5-4-6(5)3-1;1-2;/h1-4H;2H,1H3;1H. The Kier molecular flexibility index (Phi) is 3.81. The smallest absolute Gasteiger partial charge is 0.0319 e. The molecule has 9 heavy (non-hydrogen) atoms. The Morgan fingerprint density at radius 3 is 1.67 bits per heavy atom. The summed E-state index contributed by atoms with van der Waals surface area (Å²) in [5.41, 5.74) is 2.85. The fourth-order valence-corrected chi connectivity index (χ4v) is 0.676. The zero-order chi connectivity index (χ0) is 5.98. The van der Waals surface area contributed by atoms with Crippen LogP contribution < -0.4 is 0 Å². The molecule has 2 rings (SSSR count). The Morgan fingerprint density at radius 1 is 1.11 bits per heavy atom. The maximum absolute atomic E-state index is 7.00. The number of rotatable bonds is 0. The van der Waals surface area contributed by atoms with Gasteiger partial charge in [-0.3, -0.25) is 0 Å². The Morgan fingerprint density at radius 2 is 1.56 bits per heavy atom. The summed E-state index contributed by atoms with van der Waals surface area (Å²) in [4.78, 5) is 0. The summed E-state index contributed by atoms with van der Waals surface area (Å²) in [5, 5.41) is 7.00. The first-order valence-electron chi connectivity index (χ1n) is 2.52. The Balaban J connectivity index is 0.000000198. The third kappa shape index (κ3) is 1.95. The van der Waals surface area contributed by atoms with E-state index in [-0.39, 0.29) is 24.0 Å². The van der Waals surface area contributed by atoms with E-state index < -0.39 is 0 Å². The fourth-order valence-electron chi connectivity index (χ4n) is 0.676. The SMILES string of the molecule is CO.I.c1cc2cc-2c1. The van der Waals surface area contributed by atoms with Gasteiger partial charge in [-0.15, -0.1) is 24.0 Å². The molecule has 0 saturated heterocycles. The minimum absolute atomic E-state index is 0. The van der Waals surface area contributed by atoms with Crippen LogP contribution in [0.3, 0.4) is 0 Å². The molecule has 0 saturated carbocycles. The first kappa shape index (κ1) is 8.91. The minimum atomic E-state index is 0. The third-order valence-electron chi connectivity index (χ3n) is 1.11. The van der Waals surface area contributed by atoms with Gasteiger partial charge in [0.25, 0.3) is 0 Å². The molecule has 0 atom stereocenters. The molecule has 0 aromatic rings. The molecule has 0 amide bonds. The summed E-state index contributed by atoms with van der Waals surface area (Å²) in [5.74, 6) is 0. The number of benzene rings is 1. The van der Waals surface area contributed by atoms with Crippen LogP contribution in [0.5, 0.6) is 0 Å². The number of aliphatic hydroxyl groups excluding tert-OH is 1. The van der Waals surface area contributed by atoms with Crippen LogP contribution in [0, 0.1) is 0 Å². The van der Waals surface area contributed by atoms with E-state index in [0.717, 1.165) is 7.11 Å². The van der Waals surface area contributed by atoms with Gasteiger partial charge in [0.15, 0.2) is 0 Å². The van der Waals surface area contributed by atoms with E-state index in [9.17, 15) is 0 Å². The van der Waals surface area contributed by atoms with E-state index in [4.69, 9.17) is 5.11 Å². The zero-order valence-electron chi connectivity index (χ0n) is 5.16. The molecule has 2 aliphatic rings. The molecule has 1 nitrogen and oxygen atoms in total. The van der Waals surface area contributed by atoms with E-state index in [1.165, 1.54) is 11.1 Å². The first-order valence-corrected chi connectivity index (χ1v) is 2.52. The van der Waals surface area contributed by atoms with Crippen molar-refractivity contribution in [2.75, 3.05) is 7.11 Å². The average molecular weight is 236 g/mol. The Labute approximate surface area is 71.7 Å². The summed E-state index contributed by atoms with van der Waals surface area (Å²) in [6, 6.07) is 8.48. The van der Waals surface area contributed by atoms with Gasteiger partial charge in [0.05, 0.1) is 0 Å². The van der Waals surface area contributed by atoms with Gasteiger partial charge < -0.3 is 5.11 Å². The Hall–Kier alpha value is -0.0900. The van der Waals surface area contributed by atoms with E-state index in [1.54, 1.807) is 0 Å². The topological polar surface area (TPSA) is 20.2 Å². The molecule has 0 bridgehead atoms. The molecular formula is C7H9IO. The number of fused-ring (bicyclic) bond motifs is 1. The second-order valence-electron chi connectivity index (χ2n) is 1.58. The maximum atomic E-state index is 7.00. The van der Waals surface area contributed by atoms with Gasteiger partial charge in [0.1, 0.15) is 0 Å². The quantitative estimate of drug-likeness (QED) is 0.692. The molecule has 2 aliphatic carbocycles. The van der Waals surface area contributed by atoms with E-state index in [0.29, 0.717) is 0 Å². The van der Waals surface area contributed by atoms with Crippen LogP contribution in [-0.2, 0) is 0 Å². The van der Waals surface area contributed by atoms with Gasteiger partial charge in [0, 0.05) is 7.11 Å². The molecule has 50 valence electrons. The lowest BCUT2D eigenvalue weighted by atomic mass is 10.6. The summed E-state index contributed by atoms with van der Waals surface area (Å²) in [6.45, 7) is 0. The van der Waals surface area contributed by atoms with Crippen molar-refractivity contribution < 1.29 is 5.11 Å². The predicted molar refractivity (Wildman–Crippen MR) is 49.0 cm³/mol. The minimum Gasteiger partial charge on any atom is -0.400 e. The van der Waals surface area contributed by atoms with Crippen LogP contribution in [0.1, 0.15) is 0 Å². The molecule has 0 unspecified atom stereocenters. The molecule has 0 spiro atoms. The molecule has 0 radical (unpaired) electrons. The van der Waals surface area contributed by atoms with Crippen LogP contribution in [0.2, 0.25) is 0 Å². The Bertz CT molecular complexity index is 169. The van der Waals surface area contributed by atoms with Crippen molar-refractivity contribution >= 4 is 24.0 Å². The highest BCUT2D eigenvalue weighted by Gasteiger charge is 2.06. The second-order valence-corrected chi connectivity index (χ2v) is 1.58. The monoisotopic (exact) mass is 236 g/mol. The second kappa shape index (κ2) is 3.85. The highest BCUT2D eigenvalue weighted by atomic mass is 127. The van der Waals surface area contributed by atoms with Crippen molar-refractivity contribution in [2.24, 2.45) is 0 Å². The lowest BCUT2D eigenvalue weighted by Gasteiger charge is -1.48. The van der Waals surface area contributed by atoms with Crippen LogP contribution in [0.4, 0.5) is 0 Å². The average Bonchev–Trinajstić information content (AvgIpc) is 2.46. The summed E-state index contributed by atoms with van der Waals surface area (Å²) in [6.07, 6.45) is 0. The van der Waals surface area contributed by atoms with Crippen LogP contribution >= 0.6 is 24.0 Å². The van der Waals surface area contributed by atoms with Gasteiger partial charge in [-0.25, -0.2) is 0 Å². The fraction of sp³-hybridized carbons (Fsp3) is 0.143. The number of aliphatic hydroxyl groups is 1. The van der Waals surface area contributed by atoms with Gasteiger partial charge >= 0.3 is 0 Å². The van der Waals surface area contributed by atoms with Crippen LogP contribution in [0.25, 0.3) is 11.1 Å². The van der Waals surface area contributed by atoms with Gasteiger partial charge in [-0.2, -0.15) is 0 Å². The molecule has 0 aromatic heterocycles. The van der Waals surface area contributed by atoms with Crippen molar-refractivity contribution in [3.05, 3.63) is 24.3 Å². The molecule has 0 fully saturated rings. The van der Waals surface area contributed by atoms with Crippen molar-refractivity contribution in [3.63, 3.8) is 0 Å². The van der Waals surface area contributed by atoms with Gasteiger partial charge in [0.2, 0.25) is 0 Å². The normalized spacial score (nSPS) is 8.22. The predicted octanol–water partition coefficient (Wildman–Crippen LogP) is 1.89. The summed E-state index contributed by atoms with van der Waals surface area (Å²) < 4.78 is 0. The molecule has 1 N–H and O–H groups in total. The summed E-state index contributed by atoms with van der Waals surface area (Å²) >= 11 is 0. The number of hydrogen-bond donors (Lipinski definition) is 1. The molecule has 0 aromatic carbocycles. The van der Waals surface area contributed by atoms with Crippen molar-refractivity contribution in [3.8, 4) is 11.1 Å².